The molecule has 0 bridgehead atoms. The molecule has 0 aliphatic rings. The van der Waals surface area contributed by atoms with E-state index in [4.69, 9.17) is 4.52 Å². The zero-order chi connectivity index (χ0) is 12.4. The second-order valence-corrected chi connectivity index (χ2v) is 5.64. The van der Waals surface area contributed by atoms with Gasteiger partial charge in [0.25, 0.3) is 0 Å². The molecule has 4 nitrogen and oxygen atoms in total. The summed E-state index contributed by atoms with van der Waals surface area (Å²) in [4.78, 5) is 8.02. The predicted octanol–water partition coefficient (Wildman–Crippen LogP) is 2.69. The smallest absolute Gasteiger partial charge is 0.133 e. The van der Waals surface area contributed by atoms with E-state index in [0.29, 0.717) is 0 Å². The van der Waals surface area contributed by atoms with Crippen molar-refractivity contribution in [1.82, 2.24) is 15.0 Å². The monoisotopic (exact) mass is 251 g/mol. The summed E-state index contributed by atoms with van der Waals surface area (Å²) in [6.07, 6.45) is 0. The fraction of sp³-hybridized carbons (Fsp3) is 0.500. The molecule has 0 saturated heterocycles. The molecule has 0 aromatic carbocycles. The molecular formula is C12H17N3OS. The third kappa shape index (κ3) is 3.14. The van der Waals surface area contributed by atoms with Crippen LogP contribution in [0, 0.1) is 20.8 Å². The molecule has 0 fully saturated rings. The molecule has 0 aliphatic heterocycles. The van der Waals surface area contributed by atoms with E-state index in [-0.39, 0.29) is 0 Å². The molecular weight excluding hydrogens is 234 g/mol. The molecule has 0 atom stereocenters. The molecule has 5 heteroatoms. The minimum absolute atomic E-state index is 0.787. The van der Waals surface area contributed by atoms with Crippen LogP contribution >= 0.6 is 11.3 Å². The van der Waals surface area contributed by atoms with Gasteiger partial charge in [-0.05, 0) is 27.8 Å². The van der Waals surface area contributed by atoms with Gasteiger partial charge in [-0.3, -0.25) is 4.90 Å². The number of hydrogen-bond donors (Lipinski definition) is 0. The number of aryl methyl sites for hydroxylation is 3. The average molecular weight is 251 g/mol. The van der Waals surface area contributed by atoms with Gasteiger partial charge in [0.2, 0.25) is 0 Å². The van der Waals surface area contributed by atoms with Crippen LogP contribution in [0.25, 0.3) is 0 Å². The van der Waals surface area contributed by atoms with Crippen LogP contribution in [0.1, 0.15) is 27.0 Å². The Kier molecular flexibility index (Phi) is 3.59. The molecule has 0 radical (unpaired) electrons. The van der Waals surface area contributed by atoms with Crippen molar-refractivity contribution in [3.8, 4) is 0 Å². The highest BCUT2D eigenvalue weighted by atomic mass is 32.1. The molecule has 2 heterocycles. The Balaban J connectivity index is 1.95. The third-order valence-electron chi connectivity index (χ3n) is 2.59. The fourth-order valence-corrected chi connectivity index (χ4v) is 2.68. The van der Waals surface area contributed by atoms with Gasteiger partial charge in [-0.25, -0.2) is 4.98 Å². The van der Waals surface area contributed by atoms with Gasteiger partial charge in [0.05, 0.1) is 17.9 Å². The van der Waals surface area contributed by atoms with Crippen molar-refractivity contribution in [1.29, 1.82) is 0 Å². The van der Waals surface area contributed by atoms with E-state index in [1.807, 2.05) is 13.0 Å². The highest BCUT2D eigenvalue weighted by Gasteiger charge is 2.09. The maximum absolute atomic E-state index is 5.05. The lowest BCUT2D eigenvalue weighted by Gasteiger charge is -2.12. The van der Waals surface area contributed by atoms with Gasteiger partial charge in [0.1, 0.15) is 10.8 Å². The molecule has 2 aromatic rings. The lowest BCUT2D eigenvalue weighted by Crippen LogP contribution is -2.17. The maximum Gasteiger partial charge on any atom is 0.133 e. The molecule has 0 spiro atoms. The lowest BCUT2D eigenvalue weighted by molar-refractivity contribution is 0.301. The highest BCUT2D eigenvalue weighted by Crippen LogP contribution is 2.18. The van der Waals surface area contributed by atoms with Crippen LogP contribution < -0.4 is 0 Å². The van der Waals surface area contributed by atoms with Crippen molar-refractivity contribution in [3.63, 3.8) is 0 Å². The Morgan fingerprint density at radius 2 is 2.06 bits per heavy atom. The van der Waals surface area contributed by atoms with E-state index in [9.17, 15) is 0 Å². The SMILES string of the molecule is Cc1cc(CN(C)Cc2nc(C)c(C)s2)no1. The first kappa shape index (κ1) is 12.3. The predicted molar refractivity (Wildman–Crippen MR) is 68.0 cm³/mol. The van der Waals surface area contributed by atoms with Crippen LogP contribution in [-0.4, -0.2) is 22.1 Å². The Hall–Kier alpha value is -1.20. The Morgan fingerprint density at radius 3 is 2.59 bits per heavy atom. The number of hydrogen-bond acceptors (Lipinski definition) is 5. The van der Waals surface area contributed by atoms with Crippen LogP contribution in [0.15, 0.2) is 10.6 Å². The second-order valence-electron chi connectivity index (χ2n) is 4.35. The minimum atomic E-state index is 0.787. The normalized spacial score (nSPS) is 11.4. The van der Waals surface area contributed by atoms with Gasteiger partial charge >= 0.3 is 0 Å². The molecule has 2 rings (SSSR count). The maximum atomic E-state index is 5.05. The first-order chi connectivity index (χ1) is 8.04. The van der Waals surface area contributed by atoms with E-state index in [2.05, 4.69) is 35.9 Å². The number of rotatable bonds is 4. The molecule has 2 aromatic heterocycles. The molecule has 0 unspecified atom stereocenters. The second kappa shape index (κ2) is 4.98. The summed E-state index contributed by atoms with van der Waals surface area (Å²) in [5.74, 6) is 0.856. The summed E-state index contributed by atoms with van der Waals surface area (Å²) in [5.41, 5.74) is 2.10. The van der Waals surface area contributed by atoms with Gasteiger partial charge in [0, 0.05) is 17.5 Å². The zero-order valence-electron chi connectivity index (χ0n) is 10.6. The van der Waals surface area contributed by atoms with Gasteiger partial charge in [0.15, 0.2) is 0 Å². The van der Waals surface area contributed by atoms with Crippen LogP contribution in [0.5, 0.6) is 0 Å². The van der Waals surface area contributed by atoms with E-state index in [1.54, 1.807) is 11.3 Å². The summed E-state index contributed by atoms with van der Waals surface area (Å²) in [6, 6.07) is 1.97. The van der Waals surface area contributed by atoms with Gasteiger partial charge < -0.3 is 4.52 Å². The third-order valence-corrected chi connectivity index (χ3v) is 3.64. The van der Waals surface area contributed by atoms with Gasteiger partial charge in [-0.15, -0.1) is 11.3 Å². The lowest BCUT2D eigenvalue weighted by atomic mass is 10.3. The minimum Gasteiger partial charge on any atom is -0.361 e. The Bertz CT molecular complexity index is 484. The summed E-state index contributed by atoms with van der Waals surface area (Å²) >= 11 is 1.76. The first-order valence-electron chi connectivity index (χ1n) is 5.58. The van der Waals surface area contributed by atoms with Crippen LogP contribution in [0.4, 0.5) is 0 Å². The topological polar surface area (TPSA) is 42.2 Å². The van der Waals surface area contributed by atoms with Crippen molar-refractivity contribution in [2.75, 3.05) is 7.05 Å². The van der Waals surface area contributed by atoms with E-state index < -0.39 is 0 Å². The summed E-state index contributed by atoms with van der Waals surface area (Å²) in [5, 5.41) is 5.14. The van der Waals surface area contributed by atoms with E-state index in [0.717, 1.165) is 35.2 Å². The first-order valence-corrected chi connectivity index (χ1v) is 6.40. The number of aromatic nitrogens is 2. The van der Waals surface area contributed by atoms with Crippen LogP contribution in [-0.2, 0) is 13.1 Å². The summed E-state index contributed by atoms with van der Waals surface area (Å²) in [7, 11) is 2.07. The molecule has 17 heavy (non-hydrogen) atoms. The number of nitrogens with zero attached hydrogens (tertiary/aromatic N) is 3. The average Bonchev–Trinajstić information content (AvgIpc) is 2.75. The molecule has 0 N–H and O–H groups in total. The fourth-order valence-electron chi connectivity index (χ4n) is 1.66. The molecule has 0 aliphatic carbocycles. The summed E-state index contributed by atoms with van der Waals surface area (Å²) in [6.45, 7) is 7.71. The van der Waals surface area contributed by atoms with Crippen molar-refractivity contribution in [2.45, 2.75) is 33.9 Å². The molecule has 0 saturated carbocycles. The standard InChI is InChI=1S/C12H17N3OS/c1-8-5-11(14-16-8)6-15(4)7-12-13-9(2)10(3)17-12/h5H,6-7H2,1-4H3. The Morgan fingerprint density at radius 1 is 1.29 bits per heavy atom. The molecule has 92 valence electrons. The summed E-state index contributed by atoms with van der Waals surface area (Å²) < 4.78 is 5.05. The Labute approximate surface area is 105 Å². The van der Waals surface area contributed by atoms with Crippen molar-refractivity contribution in [2.24, 2.45) is 0 Å². The zero-order valence-corrected chi connectivity index (χ0v) is 11.5. The van der Waals surface area contributed by atoms with Crippen molar-refractivity contribution >= 4 is 11.3 Å². The largest absolute Gasteiger partial charge is 0.361 e. The van der Waals surface area contributed by atoms with Gasteiger partial charge in [-0.1, -0.05) is 5.16 Å². The number of thiazole rings is 1. The highest BCUT2D eigenvalue weighted by molar-refractivity contribution is 7.11. The van der Waals surface area contributed by atoms with Crippen LogP contribution in [0.3, 0.4) is 0 Å². The van der Waals surface area contributed by atoms with E-state index in [1.165, 1.54) is 4.88 Å². The van der Waals surface area contributed by atoms with Crippen molar-refractivity contribution in [3.05, 3.63) is 33.1 Å². The molecule has 0 amide bonds. The quantitative estimate of drug-likeness (QED) is 0.838. The van der Waals surface area contributed by atoms with E-state index >= 15 is 0 Å². The van der Waals surface area contributed by atoms with Gasteiger partial charge in [-0.2, -0.15) is 0 Å². The van der Waals surface area contributed by atoms with Crippen LogP contribution in [0.2, 0.25) is 0 Å². The van der Waals surface area contributed by atoms with Crippen molar-refractivity contribution < 1.29 is 4.52 Å².